The molecule has 3 nitrogen and oxygen atoms in total. The van der Waals surface area contributed by atoms with Crippen LogP contribution in [0.4, 0.5) is 0 Å². The summed E-state index contributed by atoms with van der Waals surface area (Å²) in [6, 6.07) is 6.18. The SMILES string of the molecule is CC(C)CNCCCOc1cccc2c1OC(C)(C)C2. The number of ether oxygens (including phenoxy) is 2. The first-order valence-electron chi connectivity index (χ1n) is 7.62. The van der Waals surface area contributed by atoms with Gasteiger partial charge in [-0.3, -0.25) is 0 Å². The Labute approximate surface area is 122 Å². The van der Waals surface area contributed by atoms with Crippen LogP contribution in [-0.4, -0.2) is 25.3 Å². The van der Waals surface area contributed by atoms with E-state index in [2.05, 4.69) is 45.1 Å². The topological polar surface area (TPSA) is 30.5 Å². The molecule has 0 radical (unpaired) electrons. The molecule has 1 aromatic rings. The minimum Gasteiger partial charge on any atom is -0.490 e. The third-order valence-corrected chi connectivity index (χ3v) is 3.36. The van der Waals surface area contributed by atoms with E-state index in [1.54, 1.807) is 0 Å². The highest BCUT2D eigenvalue weighted by Gasteiger charge is 2.32. The van der Waals surface area contributed by atoms with E-state index in [0.29, 0.717) is 5.92 Å². The molecule has 0 fully saturated rings. The fourth-order valence-corrected chi connectivity index (χ4v) is 2.47. The van der Waals surface area contributed by atoms with Crippen molar-refractivity contribution < 1.29 is 9.47 Å². The Kier molecular flexibility index (Phi) is 4.92. The van der Waals surface area contributed by atoms with Gasteiger partial charge in [0.15, 0.2) is 11.5 Å². The van der Waals surface area contributed by atoms with Crippen LogP contribution >= 0.6 is 0 Å². The van der Waals surface area contributed by atoms with Gasteiger partial charge in [0, 0.05) is 12.0 Å². The second-order valence-corrected chi connectivity index (χ2v) is 6.58. The summed E-state index contributed by atoms with van der Waals surface area (Å²) in [5, 5.41) is 3.43. The van der Waals surface area contributed by atoms with E-state index in [9.17, 15) is 0 Å². The summed E-state index contributed by atoms with van der Waals surface area (Å²) in [5.41, 5.74) is 1.14. The Bertz CT molecular complexity index is 441. The molecule has 0 atom stereocenters. The van der Waals surface area contributed by atoms with Gasteiger partial charge in [0.1, 0.15) is 5.60 Å². The summed E-state index contributed by atoms with van der Waals surface area (Å²) >= 11 is 0. The van der Waals surface area contributed by atoms with E-state index in [0.717, 1.165) is 44.0 Å². The maximum atomic E-state index is 5.99. The zero-order valence-electron chi connectivity index (χ0n) is 13.2. The van der Waals surface area contributed by atoms with Crippen LogP contribution in [0, 0.1) is 5.92 Å². The zero-order chi connectivity index (χ0) is 14.6. The predicted molar refractivity (Wildman–Crippen MR) is 82.7 cm³/mol. The minimum absolute atomic E-state index is 0.110. The van der Waals surface area contributed by atoms with Crippen LogP contribution in [0.25, 0.3) is 0 Å². The molecule has 1 aliphatic rings. The van der Waals surface area contributed by atoms with Crippen LogP contribution < -0.4 is 14.8 Å². The molecule has 1 heterocycles. The van der Waals surface area contributed by atoms with Gasteiger partial charge in [0.05, 0.1) is 6.61 Å². The molecule has 0 aliphatic carbocycles. The van der Waals surface area contributed by atoms with Gasteiger partial charge in [-0.1, -0.05) is 26.0 Å². The smallest absolute Gasteiger partial charge is 0.165 e. The van der Waals surface area contributed by atoms with Crippen molar-refractivity contribution in [3.8, 4) is 11.5 Å². The number of hydrogen-bond donors (Lipinski definition) is 1. The van der Waals surface area contributed by atoms with E-state index in [-0.39, 0.29) is 5.60 Å². The van der Waals surface area contributed by atoms with Crippen molar-refractivity contribution in [2.24, 2.45) is 5.92 Å². The quantitative estimate of drug-likeness (QED) is 0.775. The first-order chi connectivity index (χ1) is 9.48. The van der Waals surface area contributed by atoms with Crippen molar-refractivity contribution in [3.63, 3.8) is 0 Å². The van der Waals surface area contributed by atoms with Crippen molar-refractivity contribution >= 4 is 0 Å². The lowest BCUT2D eigenvalue weighted by atomic mass is 10.0. The Morgan fingerprint density at radius 2 is 2.15 bits per heavy atom. The van der Waals surface area contributed by atoms with Gasteiger partial charge in [-0.05, 0) is 45.3 Å². The summed E-state index contributed by atoms with van der Waals surface area (Å²) in [6.07, 6.45) is 1.97. The lowest BCUT2D eigenvalue weighted by molar-refractivity contribution is 0.132. The van der Waals surface area contributed by atoms with Crippen LogP contribution in [0.2, 0.25) is 0 Å². The van der Waals surface area contributed by atoms with Crippen molar-refractivity contribution in [2.45, 2.75) is 46.1 Å². The second-order valence-electron chi connectivity index (χ2n) is 6.58. The molecule has 0 unspecified atom stereocenters. The van der Waals surface area contributed by atoms with Crippen LogP contribution in [0.15, 0.2) is 18.2 Å². The van der Waals surface area contributed by atoms with Crippen LogP contribution in [0.5, 0.6) is 11.5 Å². The fraction of sp³-hybridized carbons (Fsp3) is 0.647. The molecule has 0 saturated heterocycles. The lowest BCUT2D eigenvalue weighted by Gasteiger charge is -2.18. The van der Waals surface area contributed by atoms with E-state index in [4.69, 9.17) is 9.47 Å². The van der Waals surface area contributed by atoms with Gasteiger partial charge in [-0.25, -0.2) is 0 Å². The molecule has 112 valence electrons. The number of rotatable bonds is 7. The van der Waals surface area contributed by atoms with Crippen molar-refractivity contribution in [3.05, 3.63) is 23.8 Å². The first kappa shape index (κ1) is 15.2. The van der Waals surface area contributed by atoms with Crippen LogP contribution in [-0.2, 0) is 6.42 Å². The molecule has 1 aliphatic heterocycles. The first-order valence-corrected chi connectivity index (χ1v) is 7.62. The third kappa shape index (κ3) is 4.14. The number of hydrogen-bond acceptors (Lipinski definition) is 3. The van der Waals surface area contributed by atoms with Crippen molar-refractivity contribution in [1.82, 2.24) is 5.32 Å². The maximum absolute atomic E-state index is 5.99. The Balaban J connectivity index is 1.79. The lowest BCUT2D eigenvalue weighted by Crippen LogP contribution is -2.24. The highest BCUT2D eigenvalue weighted by atomic mass is 16.5. The van der Waals surface area contributed by atoms with Crippen LogP contribution in [0.1, 0.15) is 39.7 Å². The van der Waals surface area contributed by atoms with Gasteiger partial charge < -0.3 is 14.8 Å². The molecule has 1 aromatic carbocycles. The molecular weight excluding hydrogens is 250 g/mol. The molecule has 1 N–H and O–H groups in total. The molecule has 2 rings (SSSR count). The molecule has 0 spiro atoms. The largest absolute Gasteiger partial charge is 0.490 e. The molecule has 0 aromatic heterocycles. The molecule has 0 amide bonds. The van der Waals surface area contributed by atoms with E-state index >= 15 is 0 Å². The predicted octanol–water partition coefficient (Wildman–Crippen LogP) is 3.41. The number of fused-ring (bicyclic) bond motifs is 1. The van der Waals surface area contributed by atoms with Crippen molar-refractivity contribution in [2.75, 3.05) is 19.7 Å². The zero-order valence-corrected chi connectivity index (χ0v) is 13.2. The number of para-hydroxylation sites is 1. The van der Waals surface area contributed by atoms with Gasteiger partial charge in [-0.15, -0.1) is 0 Å². The molecular formula is C17H27NO2. The van der Waals surface area contributed by atoms with Gasteiger partial charge in [0.2, 0.25) is 0 Å². The molecule has 3 heteroatoms. The van der Waals surface area contributed by atoms with Gasteiger partial charge in [0.25, 0.3) is 0 Å². The second kappa shape index (κ2) is 6.49. The van der Waals surface area contributed by atoms with E-state index in [1.165, 1.54) is 5.56 Å². The normalized spacial score (nSPS) is 16.1. The summed E-state index contributed by atoms with van der Waals surface area (Å²) in [4.78, 5) is 0. The van der Waals surface area contributed by atoms with Crippen LogP contribution in [0.3, 0.4) is 0 Å². The highest BCUT2D eigenvalue weighted by Crippen LogP contribution is 2.41. The van der Waals surface area contributed by atoms with Gasteiger partial charge in [-0.2, -0.15) is 0 Å². The Morgan fingerprint density at radius 1 is 1.35 bits per heavy atom. The molecule has 0 saturated carbocycles. The van der Waals surface area contributed by atoms with E-state index < -0.39 is 0 Å². The standard InChI is InChI=1S/C17H27NO2/c1-13(2)12-18-9-6-10-19-15-8-5-7-14-11-17(3,4)20-16(14)15/h5,7-8,13,18H,6,9-12H2,1-4H3. The fourth-order valence-electron chi connectivity index (χ4n) is 2.47. The number of benzene rings is 1. The van der Waals surface area contributed by atoms with Crippen molar-refractivity contribution in [1.29, 1.82) is 0 Å². The average molecular weight is 277 g/mol. The Hall–Kier alpha value is -1.22. The summed E-state index contributed by atoms with van der Waals surface area (Å²) in [7, 11) is 0. The molecule has 20 heavy (non-hydrogen) atoms. The van der Waals surface area contributed by atoms with Gasteiger partial charge >= 0.3 is 0 Å². The summed E-state index contributed by atoms with van der Waals surface area (Å²) in [5.74, 6) is 2.52. The maximum Gasteiger partial charge on any atom is 0.165 e. The average Bonchev–Trinajstić information content (AvgIpc) is 2.67. The summed E-state index contributed by atoms with van der Waals surface area (Å²) < 4.78 is 11.9. The monoisotopic (exact) mass is 277 g/mol. The third-order valence-electron chi connectivity index (χ3n) is 3.36. The van der Waals surface area contributed by atoms with E-state index in [1.807, 2.05) is 6.07 Å². The highest BCUT2D eigenvalue weighted by molar-refractivity contribution is 5.50. The summed E-state index contributed by atoms with van der Waals surface area (Å²) in [6.45, 7) is 11.5. The number of nitrogens with one attached hydrogen (secondary N) is 1. The minimum atomic E-state index is -0.110. The Morgan fingerprint density at radius 3 is 2.90 bits per heavy atom. The molecule has 0 bridgehead atoms.